The molecular formula is C16H19N5O3. The summed E-state index contributed by atoms with van der Waals surface area (Å²) >= 11 is 0. The summed E-state index contributed by atoms with van der Waals surface area (Å²) in [4.78, 5) is 21.1. The predicted octanol–water partition coefficient (Wildman–Crippen LogP) is 1.75. The summed E-state index contributed by atoms with van der Waals surface area (Å²) in [6.45, 7) is 4.17. The second kappa shape index (κ2) is 6.79. The molecule has 0 saturated heterocycles. The number of aromatic nitrogens is 4. The van der Waals surface area contributed by atoms with E-state index in [1.54, 1.807) is 7.11 Å². The molecule has 0 spiro atoms. The standard InChI is InChI=1S/C16H19N5O3/c1-10(21-11(2)18-12-6-4-5-7-13(12)21)16(22)17-8-15-19-14(9-23-3)20-24-15/h4-7,10H,8-9H2,1-3H3,(H,17,22). The SMILES string of the molecule is COCc1noc(CNC(=O)C(C)n2c(C)nc3ccccc32)n1. The maximum Gasteiger partial charge on any atom is 0.246 e. The zero-order valence-corrected chi connectivity index (χ0v) is 13.8. The monoisotopic (exact) mass is 329 g/mol. The third kappa shape index (κ3) is 3.13. The van der Waals surface area contributed by atoms with E-state index in [4.69, 9.17) is 9.26 Å². The average Bonchev–Trinajstić information content (AvgIpc) is 3.15. The van der Waals surface area contributed by atoms with Gasteiger partial charge in [-0.25, -0.2) is 4.98 Å². The van der Waals surface area contributed by atoms with Crippen LogP contribution in [0, 0.1) is 6.92 Å². The van der Waals surface area contributed by atoms with E-state index in [1.807, 2.05) is 42.7 Å². The van der Waals surface area contributed by atoms with Crippen LogP contribution in [0.25, 0.3) is 11.0 Å². The Labute approximate surface area is 138 Å². The van der Waals surface area contributed by atoms with Gasteiger partial charge in [0, 0.05) is 7.11 Å². The molecule has 0 radical (unpaired) electrons. The first-order valence-electron chi connectivity index (χ1n) is 7.62. The number of hydrogen-bond donors (Lipinski definition) is 1. The molecule has 0 aliphatic rings. The summed E-state index contributed by atoms with van der Waals surface area (Å²) in [5, 5.41) is 6.57. The third-order valence-electron chi connectivity index (χ3n) is 3.74. The topological polar surface area (TPSA) is 95.1 Å². The van der Waals surface area contributed by atoms with Crippen LogP contribution in [0.2, 0.25) is 0 Å². The number of carbonyl (C=O) groups excluding carboxylic acids is 1. The van der Waals surface area contributed by atoms with Gasteiger partial charge in [0.25, 0.3) is 0 Å². The van der Waals surface area contributed by atoms with E-state index < -0.39 is 6.04 Å². The lowest BCUT2D eigenvalue weighted by atomic mass is 10.2. The molecule has 3 rings (SSSR count). The van der Waals surface area contributed by atoms with Gasteiger partial charge in [-0.3, -0.25) is 4.79 Å². The van der Waals surface area contributed by atoms with Gasteiger partial charge in [-0.2, -0.15) is 4.98 Å². The van der Waals surface area contributed by atoms with Gasteiger partial charge in [-0.15, -0.1) is 0 Å². The summed E-state index contributed by atoms with van der Waals surface area (Å²) in [5.41, 5.74) is 1.80. The lowest BCUT2D eigenvalue weighted by Crippen LogP contribution is -2.31. The molecule has 2 heterocycles. The minimum atomic E-state index is -0.404. The molecule has 3 aromatic rings. The van der Waals surface area contributed by atoms with Gasteiger partial charge in [-0.1, -0.05) is 17.3 Å². The van der Waals surface area contributed by atoms with Crippen LogP contribution < -0.4 is 5.32 Å². The van der Waals surface area contributed by atoms with E-state index >= 15 is 0 Å². The Balaban J connectivity index is 1.70. The molecule has 24 heavy (non-hydrogen) atoms. The van der Waals surface area contributed by atoms with E-state index in [9.17, 15) is 4.79 Å². The molecular weight excluding hydrogens is 310 g/mol. The Bertz CT molecular complexity index is 854. The van der Waals surface area contributed by atoms with Crippen LogP contribution in [0.1, 0.15) is 30.5 Å². The Hall–Kier alpha value is -2.74. The molecule has 1 unspecified atom stereocenters. The van der Waals surface area contributed by atoms with E-state index in [1.165, 1.54) is 0 Å². The van der Waals surface area contributed by atoms with Crippen molar-refractivity contribution in [3.05, 3.63) is 41.8 Å². The number of amides is 1. The quantitative estimate of drug-likeness (QED) is 0.740. The van der Waals surface area contributed by atoms with E-state index in [-0.39, 0.29) is 19.1 Å². The van der Waals surface area contributed by atoms with E-state index in [0.717, 1.165) is 16.9 Å². The molecule has 1 N–H and O–H groups in total. The van der Waals surface area contributed by atoms with Gasteiger partial charge in [0.1, 0.15) is 18.5 Å². The molecule has 0 aliphatic carbocycles. The fourth-order valence-corrected chi connectivity index (χ4v) is 2.63. The summed E-state index contributed by atoms with van der Waals surface area (Å²) in [6.07, 6.45) is 0. The second-order valence-corrected chi connectivity index (χ2v) is 5.45. The van der Waals surface area contributed by atoms with Crippen LogP contribution in [0.5, 0.6) is 0 Å². The number of nitrogens with zero attached hydrogens (tertiary/aromatic N) is 4. The number of fused-ring (bicyclic) bond motifs is 1. The maximum atomic E-state index is 12.5. The van der Waals surface area contributed by atoms with Crippen molar-refractivity contribution in [3.8, 4) is 0 Å². The normalized spacial score (nSPS) is 12.5. The smallest absolute Gasteiger partial charge is 0.246 e. The number of nitrogens with one attached hydrogen (secondary N) is 1. The van der Waals surface area contributed by atoms with Crippen LogP contribution in [-0.4, -0.2) is 32.7 Å². The Morgan fingerprint density at radius 2 is 2.17 bits per heavy atom. The highest BCUT2D eigenvalue weighted by atomic mass is 16.5. The van der Waals surface area contributed by atoms with E-state index in [2.05, 4.69) is 20.4 Å². The lowest BCUT2D eigenvalue weighted by Gasteiger charge is -2.15. The van der Waals surface area contributed by atoms with Gasteiger partial charge < -0.3 is 19.1 Å². The van der Waals surface area contributed by atoms with E-state index in [0.29, 0.717) is 11.7 Å². The lowest BCUT2D eigenvalue weighted by molar-refractivity contribution is -0.124. The largest absolute Gasteiger partial charge is 0.377 e. The number of imidazole rings is 1. The predicted molar refractivity (Wildman–Crippen MR) is 86.0 cm³/mol. The first kappa shape index (κ1) is 16.1. The molecule has 126 valence electrons. The summed E-state index contributed by atoms with van der Waals surface area (Å²) < 4.78 is 11.9. The molecule has 0 bridgehead atoms. The number of para-hydroxylation sites is 2. The number of methoxy groups -OCH3 is 1. The minimum Gasteiger partial charge on any atom is -0.377 e. The highest BCUT2D eigenvalue weighted by Gasteiger charge is 2.20. The summed E-state index contributed by atoms with van der Waals surface area (Å²) in [5.74, 6) is 1.44. The van der Waals surface area contributed by atoms with Crippen molar-refractivity contribution in [2.24, 2.45) is 0 Å². The highest BCUT2D eigenvalue weighted by Crippen LogP contribution is 2.20. The van der Waals surface area contributed by atoms with Crippen molar-refractivity contribution < 1.29 is 14.1 Å². The summed E-state index contributed by atoms with van der Waals surface area (Å²) in [6, 6.07) is 7.34. The van der Waals surface area contributed by atoms with Gasteiger partial charge in [-0.05, 0) is 26.0 Å². The zero-order valence-electron chi connectivity index (χ0n) is 13.8. The van der Waals surface area contributed by atoms with Crippen LogP contribution >= 0.6 is 0 Å². The molecule has 0 saturated carbocycles. The fourth-order valence-electron chi connectivity index (χ4n) is 2.63. The zero-order chi connectivity index (χ0) is 17.1. The Kier molecular flexibility index (Phi) is 4.57. The first-order chi connectivity index (χ1) is 11.6. The maximum absolute atomic E-state index is 12.5. The number of carbonyl (C=O) groups is 1. The number of benzene rings is 1. The van der Waals surface area contributed by atoms with Crippen molar-refractivity contribution in [1.29, 1.82) is 0 Å². The van der Waals surface area contributed by atoms with Crippen molar-refractivity contribution in [2.45, 2.75) is 33.0 Å². The molecule has 8 heteroatoms. The number of rotatable bonds is 6. The minimum absolute atomic E-state index is 0.146. The molecule has 2 aromatic heterocycles. The van der Waals surface area contributed by atoms with Crippen LogP contribution in [-0.2, 0) is 22.7 Å². The van der Waals surface area contributed by atoms with Gasteiger partial charge >= 0.3 is 0 Å². The molecule has 1 amide bonds. The van der Waals surface area contributed by atoms with Gasteiger partial charge in [0.05, 0.1) is 17.6 Å². The number of ether oxygens (including phenoxy) is 1. The van der Waals surface area contributed by atoms with Crippen LogP contribution in [0.3, 0.4) is 0 Å². The van der Waals surface area contributed by atoms with Gasteiger partial charge in [0.2, 0.25) is 11.8 Å². The molecule has 8 nitrogen and oxygen atoms in total. The molecule has 1 aromatic carbocycles. The molecule has 0 aliphatic heterocycles. The van der Waals surface area contributed by atoms with Crippen molar-refractivity contribution in [3.63, 3.8) is 0 Å². The van der Waals surface area contributed by atoms with Crippen LogP contribution in [0.4, 0.5) is 0 Å². The van der Waals surface area contributed by atoms with Crippen molar-refractivity contribution in [2.75, 3.05) is 7.11 Å². The van der Waals surface area contributed by atoms with Crippen molar-refractivity contribution in [1.82, 2.24) is 25.0 Å². The Morgan fingerprint density at radius 3 is 2.96 bits per heavy atom. The average molecular weight is 329 g/mol. The molecule has 0 fully saturated rings. The van der Waals surface area contributed by atoms with Crippen LogP contribution in [0.15, 0.2) is 28.8 Å². The fraction of sp³-hybridized carbons (Fsp3) is 0.375. The second-order valence-electron chi connectivity index (χ2n) is 5.45. The van der Waals surface area contributed by atoms with Crippen molar-refractivity contribution >= 4 is 16.9 Å². The number of aryl methyl sites for hydroxylation is 1. The van der Waals surface area contributed by atoms with Gasteiger partial charge in [0.15, 0.2) is 5.82 Å². The highest BCUT2D eigenvalue weighted by molar-refractivity contribution is 5.84. The summed E-state index contributed by atoms with van der Waals surface area (Å²) in [7, 11) is 1.55. The number of hydrogen-bond acceptors (Lipinski definition) is 6. The Morgan fingerprint density at radius 1 is 1.38 bits per heavy atom. The first-order valence-corrected chi connectivity index (χ1v) is 7.62. The molecule has 1 atom stereocenters. The third-order valence-corrected chi connectivity index (χ3v) is 3.74.